The second kappa shape index (κ2) is 5.74. The highest BCUT2D eigenvalue weighted by molar-refractivity contribution is 5.76. The molecule has 0 spiro atoms. The van der Waals surface area contributed by atoms with Crippen molar-refractivity contribution < 1.29 is 9.53 Å². The molecule has 1 aromatic carbocycles. The average molecular weight is 261 g/mol. The van der Waals surface area contributed by atoms with Crippen LogP contribution in [0.5, 0.6) is 0 Å². The van der Waals surface area contributed by atoms with Crippen LogP contribution in [0.15, 0.2) is 18.2 Å². The predicted molar refractivity (Wildman–Crippen MR) is 76.0 cm³/mol. The van der Waals surface area contributed by atoms with Crippen molar-refractivity contribution in [2.75, 3.05) is 7.11 Å². The summed E-state index contributed by atoms with van der Waals surface area (Å²) in [6, 6.07) is 6.62. The highest BCUT2D eigenvalue weighted by Gasteiger charge is 2.30. The van der Waals surface area contributed by atoms with Crippen LogP contribution >= 0.6 is 0 Å². The lowest BCUT2D eigenvalue weighted by Crippen LogP contribution is -2.43. The third-order valence-corrected chi connectivity index (χ3v) is 3.88. The van der Waals surface area contributed by atoms with Crippen LogP contribution in [0.3, 0.4) is 0 Å². The Labute approximate surface area is 115 Å². The highest BCUT2D eigenvalue weighted by Crippen LogP contribution is 2.32. The maximum absolute atomic E-state index is 11.8. The van der Waals surface area contributed by atoms with E-state index in [1.54, 1.807) is 0 Å². The standard InChI is InChI=1S/C16H23NO2/c1-10(2)15(16(18)19-4)17-14-8-7-12-6-5-11(3)9-13(12)14/h5-6,9-10,14-15,17H,7-8H2,1-4H3/t14?,15-/m0/s1. The van der Waals surface area contributed by atoms with Gasteiger partial charge >= 0.3 is 5.97 Å². The Kier molecular flexibility index (Phi) is 4.25. The monoisotopic (exact) mass is 261 g/mol. The Morgan fingerprint density at radius 3 is 2.79 bits per heavy atom. The first-order chi connectivity index (χ1) is 9.02. The summed E-state index contributed by atoms with van der Waals surface area (Å²) < 4.78 is 4.89. The molecule has 1 aromatic rings. The Morgan fingerprint density at radius 1 is 1.42 bits per heavy atom. The van der Waals surface area contributed by atoms with Gasteiger partial charge in [-0.1, -0.05) is 37.6 Å². The fraction of sp³-hybridized carbons (Fsp3) is 0.562. The topological polar surface area (TPSA) is 38.3 Å². The van der Waals surface area contributed by atoms with E-state index in [-0.39, 0.29) is 24.0 Å². The zero-order valence-electron chi connectivity index (χ0n) is 12.2. The minimum atomic E-state index is -0.235. The molecule has 3 nitrogen and oxygen atoms in total. The number of carbonyl (C=O) groups is 1. The van der Waals surface area contributed by atoms with Crippen molar-refractivity contribution in [1.82, 2.24) is 5.32 Å². The number of benzene rings is 1. The SMILES string of the molecule is COC(=O)[C@@H](NC1CCc2ccc(C)cc21)C(C)C. The molecule has 1 aliphatic carbocycles. The first kappa shape index (κ1) is 14.1. The van der Waals surface area contributed by atoms with E-state index in [2.05, 4.69) is 30.4 Å². The third-order valence-electron chi connectivity index (χ3n) is 3.88. The van der Waals surface area contributed by atoms with Crippen molar-refractivity contribution >= 4 is 5.97 Å². The molecule has 104 valence electrons. The Hall–Kier alpha value is -1.35. The van der Waals surface area contributed by atoms with Crippen LogP contribution in [0, 0.1) is 12.8 Å². The molecule has 19 heavy (non-hydrogen) atoms. The maximum atomic E-state index is 11.8. The van der Waals surface area contributed by atoms with Gasteiger partial charge < -0.3 is 4.74 Å². The van der Waals surface area contributed by atoms with E-state index in [0.717, 1.165) is 12.8 Å². The minimum Gasteiger partial charge on any atom is -0.468 e. The summed E-state index contributed by atoms with van der Waals surface area (Å²) in [4.78, 5) is 11.8. The first-order valence-corrected chi connectivity index (χ1v) is 6.96. The van der Waals surface area contributed by atoms with Gasteiger partial charge in [-0.15, -0.1) is 0 Å². The van der Waals surface area contributed by atoms with Gasteiger partial charge in [0.2, 0.25) is 0 Å². The molecule has 0 aromatic heterocycles. The molecule has 2 atom stereocenters. The van der Waals surface area contributed by atoms with Crippen LogP contribution in [0.2, 0.25) is 0 Å². The van der Waals surface area contributed by atoms with E-state index in [1.807, 2.05) is 13.8 Å². The largest absolute Gasteiger partial charge is 0.468 e. The molecule has 1 N–H and O–H groups in total. The van der Waals surface area contributed by atoms with Crippen molar-refractivity contribution in [1.29, 1.82) is 0 Å². The van der Waals surface area contributed by atoms with Crippen LogP contribution in [-0.4, -0.2) is 19.1 Å². The fourth-order valence-electron chi connectivity index (χ4n) is 2.77. The van der Waals surface area contributed by atoms with E-state index in [4.69, 9.17) is 4.74 Å². The van der Waals surface area contributed by atoms with E-state index >= 15 is 0 Å². The Bertz CT molecular complexity index is 468. The molecule has 0 fully saturated rings. The summed E-state index contributed by atoms with van der Waals surface area (Å²) in [6.07, 6.45) is 2.14. The van der Waals surface area contributed by atoms with Gasteiger partial charge in [0.1, 0.15) is 6.04 Å². The third kappa shape index (κ3) is 2.98. The molecule has 0 amide bonds. The summed E-state index contributed by atoms with van der Waals surface area (Å²) in [5, 5.41) is 3.47. The number of hydrogen-bond donors (Lipinski definition) is 1. The summed E-state index contributed by atoms with van der Waals surface area (Å²) in [5.41, 5.74) is 4.01. The van der Waals surface area contributed by atoms with Gasteiger partial charge in [0.15, 0.2) is 0 Å². The number of rotatable bonds is 4. The molecular formula is C16H23NO2. The molecule has 0 saturated carbocycles. The molecule has 0 bridgehead atoms. The van der Waals surface area contributed by atoms with Crippen LogP contribution in [0.4, 0.5) is 0 Å². The minimum absolute atomic E-state index is 0.170. The number of ether oxygens (including phenoxy) is 1. The van der Waals surface area contributed by atoms with Crippen molar-refractivity contribution in [2.45, 2.75) is 45.7 Å². The van der Waals surface area contributed by atoms with E-state index in [0.29, 0.717) is 0 Å². The number of methoxy groups -OCH3 is 1. The van der Waals surface area contributed by atoms with E-state index in [9.17, 15) is 4.79 Å². The number of fused-ring (bicyclic) bond motifs is 1. The Morgan fingerprint density at radius 2 is 2.16 bits per heavy atom. The smallest absolute Gasteiger partial charge is 0.323 e. The van der Waals surface area contributed by atoms with Gasteiger partial charge in [-0.05, 0) is 36.8 Å². The normalized spacial score (nSPS) is 19.3. The van der Waals surface area contributed by atoms with Crippen molar-refractivity contribution in [3.05, 3.63) is 34.9 Å². The second-order valence-electron chi connectivity index (χ2n) is 5.71. The highest BCUT2D eigenvalue weighted by atomic mass is 16.5. The molecule has 0 radical (unpaired) electrons. The number of aryl methyl sites for hydroxylation is 2. The summed E-state index contributed by atoms with van der Waals surface area (Å²) >= 11 is 0. The van der Waals surface area contributed by atoms with Crippen molar-refractivity contribution in [3.8, 4) is 0 Å². The van der Waals surface area contributed by atoms with Gasteiger partial charge in [0.05, 0.1) is 7.11 Å². The first-order valence-electron chi connectivity index (χ1n) is 6.96. The fourth-order valence-corrected chi connectivity index (χ4v) is 2.77. The van der Waals surface area contributed by atoms with E-state index < -0.39 is 0 Å². The van der Waals surface area contributed by atoms with E-state index in [1.165, 1.54) is 23.8 Å². The molecule has 0 aliphatic heterocycles. The van der Waals surface area contributed by atoms with Crippen molar-refractivity contribution in [3.63, 3.8) is 0 Å². The number of carbonyl (C=O) groups excluding carboxylic acids is 1. The molecule has 1 aliphatic rings. The summed E-state index contributed by atoms with van der Waals surface area (Å²) in [6.45, 7) is 6.19. The molecule has 2 rings (SSSR count). The van der Waals surface area contributed by atoms with Gasteiger partial charge in [-0.3, -0.25) is 10.1 Å². The van der Waals surface area contributed by atoms with Crippen LogP contribution in [0.25, 0.3) is 0 Å². The maximum Gasteiger partial charge on any atom is 0.323 e. The number of hydrogen-bond acceptors (Lipinski definition) is 3. The quantitative estimate of drug-likeness (QED) is 0.847. The predicted octanol–water partition coefficient (Wildman–Crippen LogP) is 2.77. The lowest BCUT2D eigenvalue weighted by molar-refractivity contribution is -0.144. The molecular weight excluding hydrogens is 238 g/mol. The average Bonchev–Trinajstić information content (AvgIpc) is 2.77. The van der Waals surface area contributed by atoms with Gasteiger partial charge in [0.25, 0.3) is 0 Å². The van der Waals surface area contributed by atoms with Crippen LogP contribution in [0.1, 0.15) is 43.0 Å². The van der Waals surface area contributed by atoms with Gasteiger partial charge in [0, 0.05) is 6.04 Å². The molecule has 0 heterocycles. The summed E-state index contributed by atoms with van der Waals surface area (Å²) in [7, 11) is 1.45. The van der Waals surface area contributed by atoms with Gasteiger partial charge in [-0.2, -0.15) is 0 Å². The number of esters is 1. The summed E-state index contributed by atoms with van der Waals surface area (Å²) in [5.74, 6) is 0.0532. The lowest BCUT2D eigenvalue weighted by atomic mass is 10.0. The zero-order valence-corrected chi connectivity index (χ0v) is 12.2. The van der Waals surface area contributed by atoms with Gasteiger partial charge in [-0.25, -0.2) is 0 Å². The van der Waals surface area contributed by atoms with Crippen molar-refractivity contribution in [2.24, 2.45) is 5.92 Å². The Balaban J connectivity index is 2.17. The molecule has 0 saturated heterocycles. The zero-order chi connectivity index (χ0) is 14.0. The second-order valence-corrected chi connectivity index (χ2v) is 5.71. The number of nitrogens with one attached hydrogen (secondary N) is 1. The molecule has 1 unspecified atom stereocenters. The lowest BCUT2D eigenvalue weighted by Gasteiger charge is -2.24. The molecule has 3 heteroatoms. The van der Waals surface area contributed by atoms with Crippen LogP contribution in [-0.2, 0) is 16.0 Å². The van der Waals surface area contributed by atoms with Crippen LogP contribution < -0.4 is 5.32 Å².